The molecule has 0 aliphatic rings. The van der Waals surface area contributed by atoms with Crippen molar-refractivity contribution >= 4 is 23.6 Å². The van der Waals surface area contributed by atoms with Gasteiger partial charge in [-0.15, -0.1) is 0 Å². The van der Waals surface area contributed by atoms with E-state index in [4.69, 9.17) is 9.15 Å². The molecule has 0 aliphatic carbocycles. The predicted octanol–water partition coefficient (Wildman–Crippen LogP) is 3.50. The number of imidazole rings is 1. The highest BCUT2D eigenvalue weighted by Crippen LogP contribution is 2.22. The molecule has 0 N–H and O–H groups in total. The first-order valence-corrected chi connectivity index (χ1v) is 9.80. The van der Waals surface area contributed by atoms with Crippen molar-refractivity contribution in [3.63, 3.8) is 0 Å². The maximum Gasteiger partial charge on any atom is 0.306 e. The highest BCUT2D eigenvalue weighted by molar-refractivity contribution is 7.98. The number of furan rings is 1. The average Bonchev–Trinajstić information content (AvgIpc) is 3.19. The lowest BCUT2D eigenvalue weighted by Crippen LogP contribution is -2.28. The monoisotopic (exact) mass is 393 g/mol. The molecule has 148 valence electrons. The summed E-state index contributed by atoms with van der Waals surface area (Å²) in [6.45, 7) is 5.96. The third kappa shape index (κ3) is 6.78. The minimum Gasteiger partial charge on any atom is -0.460 e. The largest absolute Gasteiger partial charge is 0.460 e. The normalized spacial score (nSPS) is 11.4. The third-order valence-corrected chi connectivity index (χ3v) is 4.71. The Kier molecular flexibility index (Phi) is 7.12. The van der Waals surface area contributed by atoms with Gasteiger partial charge in [0, 0.05) is 39.5 Å². The van der Waals surface area contributed by atoms with E-state index >= 15 is 0 Å². The Balaban J connectivity index is 1.78. The van der Waals surface area contributed by atoms with E-state index in [2.05, 4.69) is 4.98 Å². The Bertz CT molecular complexity index is 776. The summed E-state index contributed by atoms with van der Waals surface area (Å²) in [4.78, 5) is 30.0. The number of aryl methyl sites for hydroxylation is 1. The van der Waals surface area contributed by atoms with Crippen LogP contribution in [-0.2, 0) is 22.3 Å². The van der Waals surface area contributed by atoms with Crippen molar-refractivity contribution in [2.75, 3.05) is 13.6 Å². The molecule has 2 aromatic rings. The fraction of sp³-hybridized carbons (Fsp3) is 0.526. The van der Waals surface area contributed by atoms with Gasteiger partial charge in [0.05, 0.1) is 5.75 Å². The van der Waals surface area contributed by atoms with Crippen molar-refractivity contribution in [1.29, 1.82) is 0 Å². The van der Waals surface area contributed by atoms with Crippen molar-refractivity contribution < 1.29 is 18.7 Å². The third-order valence-electron chi connectivity index (χ3n) is 3.63. The molecule has 0 aromatic carbocycles. The molecule has 27 heavy (non-hydrogen) atoms. The average molecular weight is 394 g/mol. The van der Waals surface area contributed by atoms with Crippen LogP contribution in [0.3, 0.4) is 0 Å². The van der Waals surface area contributed by atoms with E-state index in [0.717, 1.165) is 5.16 Å². The molecule has 0 spiro atoms. The Morgan fingerprint density at radius 1 is 1.33 bits per heavy atom. The minimum absolute atomic E-state index is 0.201. The molecular formula is C19H27N3O4S. The van der Waals surface area contributed by atoms with Gasteiger partial charge in [0.1, 0.15) is 11.4 Å². The summed E-state index contributed by atoms with van der Waals surface area (Å²) in [6, 6.07) is 3.48. The quantitative estimate of drug-likeness (QED) is 0.505. The summed E-state index contributed by atoms with van der Waals surface area (Å²) in [5.41, 5.74) is -0.490. The smallest absolute Gasteiger partial charge is 0.306 e. The number of esters is 1. The Morgan fingerprint density at radius 2 is 2.07 bits per heavy atom. The predicted molar refractivity (Wildman–Crippen MR) is 104 cm³/mol. The molecular weight excluding hydrogens is 366 g/mol. The van der Waals surface area contributed by atoms with Crippen molar-refractivity contribution in [2.45, 2.75) is 50.1 Å². The molecule has 2 aromatic heterocycles. The molecule has 8 heteroatoms. The number of carbonyl (C=O) groups is 2. The van der Waals surface area contributed by atoms with Crippen LogP contribution in [0.25, 0.3) is 0 Å². The van der Waals surface area contributed by atoms with Crippen LogP contribution < -0.4 is 0 Å². The van der Waals surface area contributed by atoms with E-state index in [-0.39, 0.29) is 18.3 Å². The topological polar surface area (TPSA) is 77.6 Å². The van der Waals surface area contributed by atoms with Crippen LogP contribution >= 0.6 is 11.8 Å². The number of amides is 1. The van der Waals surface area contributed by atoms with Gasteiger partial charge in [-0.25, -0.2) is 4.98 Å². The first-order valence-electron chi connectivity index (χ1n) is 8.82. The highest BCUT2D eigenvalue weighted by atomic mass is 32.2. The lowest BCUT2D eigenvalue weighted by Gasteiger charge is -2.20. The molecule has 0 fully saturated rings. The standard InChI is InChI=1S/C19H27N3O4S/c1-19(2,3)26-16(23)7-6-11-21(4)17(24)15-9-8-14(25-15)13-27-18-20-10-12-22(18)5/h8-10,12H,6-7,11,13H2,1-5H3. The summed E-state index contributed by atoms with van der Waals surface area (Å²) in [5, 5.41) is 0.888. The van der Waals surface area contributed by atoms with E-state index in [1.807, 2.05) is 38.6 Å². The second-order valence-corrected chi connectivity index (χ2v) is 8.23. The SMILES string of the molecule is CN(CCCC(=O)OC(C)(C)C)C(=O)c1ccc(CSc2nccn2C)o1. The lowest BCUT2D eigenvalue weighted by atomic mass is 10.2. The number of hydrogen-bond acceptors (Lipinski definition) is 6. The van der Waals surface area contributed by atoms with E-state index in [1.165, 1.54) is 0 Å². The Labute approximate surface area is 164 Å². The van der Waals surface area contributed by atoms with Crippen LogP contribution in [0.15, 0.2) is 34.1 Å². The number of ether oxygens (including phenoxy) is 1. The van der Waals surface area contributed by atoms with Gasteiger partial charge in [-0.3, -0.25) is 9.59 Å². The molecule has 7 nitrogen and oxygen atoms in total. The van der Waals surface area contributed by atoms with Crippen LogP contribution in [0, 0.1) is 0 Å². The molecule has 2 rings (SSSR count). The van der Waals surface area contributed by atoms with E-state index in [1.54, 1.807) is 42.0 Å². The molecule has 0 radical (unpaired) electrons. The van der Waals surface area contributed by atoms with Crippen molar-refractivity contribution in [3.05, 3.63) is 36.0 Å². The highest BCUT2D eigenvalue weighted by Gasteiger charge is 2.19. The summed E-state index contributed by atoms with van der Waals surface area (Å²) < 4.78 is 12.8. The van der Waals surface area contributed by atoms with Gasteiger partial charge in [-0.05, 0) is 39.3 Å². The Morgan fingerprint density at radius 3 is 2.70 bits per heavy atom. The van der Waals surface area contributed by atoms with E-state index in [9.17, 15) is 9.59 Å². The van der Waals surface area contributed by atoms with Crippen LogP contribution in [0.2, 0.25) is 0 Å². The maximum atomic E-state index is 12.4. The van der Waals surface area contributed by atoms with Crippen LogP contribution in [0.4, 0.5) is 0 Å². The van der Waals surface area contributed by atoms with Crippen LogP contribution in [0.5, 0.6) is 0 Å². The molecule has 0 bridgehead atoms. The molecule has 0 aliphatic heterocycles. The fourth-order valence-corrected chi connectivity index (χ4v) is 3.17. The van der Waals surface area contributed by atoms with Gasteiger partial charge in [0.2, 0.25) is 0 Å². The number of carbonyl (C=O) groups excluding carboxylic acids is 2. The number of rotatable bonds is 8. The zero-order valence-corrected chi connectivity index (χ0v) is 17.3. The fourth-order valence-electron chi connectivity index (χ4n) is 2.34. The molecule has 0 atom stereocenters. The summed E-state index contributed by atoms with van der Waals surface area (Å²) in [5.74, 6) is 1.15. The van der Waals surface area contributed by atoms with Crippen LogP contribution in [0.1, 0.15) is 49.9 Å². The number of hydrogen-bond donors (Lipinski definition) is 0. The molecule has 0 unspecified atom stereocenters. The summed E-state index contributed by atoms with van der Waals surface area (Å²) in [7, 11) is 3.63. The van der Waals surface area contributed by atoms with Crippen molar-refractivity contribution in [2.24, 2.45) is 7.05 Å². The molecule has 1 amide bonds. The van der Waals surface area contributed by atoms with Gasteiger partial charge in [-0.1, -0.05) is 11.8 Å². The molecule has 0 saturated carbocycles. The van der Waals surface area contributed by atoms with Gasteiger partial charge < -0.3 is 18.6 Å². The van der Waals surface area contributed by atoms with Crippen molar-refractivity contribution in [3.8, 4) is 0 Å². The van der Waals surface area contributed by atoms with E-state index in [0.29, 0.717) is 30.2 Å². The first kappa shape index (κ1) is 21.1. The van der Waals surface area contributed by atoms with Crippen molar-refractivity contribution in [1.82, 2.24) is 14.5 Å². The molecule has 0 saturated heterocycles. The zero-order valence-electron chi connectivity index (χ0n) is 16.5. The number of aromatic nitrogens is 2. The summed E-state index contributed by atoms with van der Waals surface area (Å²) >= 11 is 1.54. The van der Waals surface area contributed by atoms with E-state index < -0.39 is 5.60 Å². The maximum absolute atomic E-state index is 12.4. The molecule has 2 heterocycles. The zero-order chi connectivity index (χ0) is 20.0. The van der Waals surface area contributed by atoms with Crippen LogP contribution in [-0.4, -0.2) is 45.5 Å². The van der Waals surface area contributed by atoms with Gasteiger partial charge in [-0.2, -0.15) is 0 Å². The number of thioether (sulfide) groups is 1. The lowest BCUT2D eigenvalue weighted by molar-refractivity contribution is -0.154. The van der Waals surface area contributed by atoms with Gasteiger partial charge in [0.25, 0.3) is 5.91 Å². The Hall–Kier alpha value is -2.22. The first-order chi connectivity index (χ1) is 12.7. The number of nitrogens with zero attached hydrogens (tertiary/aromatic N) is 3. The van der Waals surface area contributed by atoms with Gasteiger partial charge in [0.15, 0.2) is 10.9 Å². The summed E-state index contributed by atoms with van der Waals surface area (Å²) in [6.07, 6.45) is 4.44. The minimum atomic E-state index is -0.490. The second kappa shape index (κ2) is 9.12. The van der Waals surface area contributed by atoms with Gasteiger partial charge >= 0.3 is 5.97 Å². The second-order valence-electron chi connectivity index (χ2n) is 7.29.